The molecule has 0 saturated heterocycles. The van der Waals surface area contributed by atoms with Crippen LogP contribution in [0.1, 0.15) is 6.92 Å². The fourth-order valence-electron chi connectivity index (χ4n) is 2.55. The molecule has 0 atom stereocenters. The smallest absolute Gasteiger partial charge is 0.344 e. The number of furan rings is 1. The van der Waals surface area contributed by atoms with Gasteiger partial charge in [0.05, 0.1) is 17.6 Å². The number of hydrogen-bond donors (Lipinski definition) is 0. The monoisotopic (exact) mass is 322 g/mol. The quantitative estimate of drug-likeness (QED) is 0.536. The molecule has 0 aliphatic heterocycles. The lowest BCUT2D eigenvalue weighted by Gasteiger charge is -2.05. The number of nitrogens with zero attached hydrogens (tertiary/aromatic N) is 2. The molecular weight excluding hydrogens is 308 g/mol. The zero-order valence-electron chi connectivity index (χ0n) is 13.0. The SMILES string of the molecule is CCOC(=O)COc1ccc2c(c1)oc1nc3ccccc3nc12. The standard InChI is InChI=1S/C18H14N2O4/c1-2-22-16(21)10-23-11-7-8-12-15(9-11)24-18-17(12)19-13-5-3-4-6-14(13)20-18/h3-9H,2,10H2,1H3. The fourth-order valence-corrected chi connectivity index (χ4v) is 2.55. The molecule has 0 fully saturated rings. The summed E-state index contributed by atoms with van der Waals surface area (Å²) in [7, 11) is 0. The molecule has 2 heterocycles. The van der Waals surface area contributed by atoms with Crippen LogP contribution in [0.3, 0.4) is 0 Å². The van der Waals surface area contributed by atoms with Crippen LogP contribution < -0.4 is 4.74 Å². The third-order valence-electron chi connectivity index (χ3n) is 3.62. The Morgan fingerprint density at radius 2 is 1.92 bits per heavy atom. The molecule has 4 aromatic rings. The van der Waals surface area contributed by atoms with Gasteiger partial charge in [0, 0.05) is 11.5 Å². The van der Waals surface area contributed by atoms with Gasteiger partial charge in [0.2, 0.25) is 5.71 Å². The van der Waals surface area contributed by atoms with Gasteiger partial charge in [-0.1, -0.05) is 12.1 Å². The molecule has 0 bridgehead atoms. The zero-order valence-corrected chi connectivity index (χ0v) is 13.0. The van der Waals surface area contributed by atoms with Crippen molar-refractivity contribution in [3.05, 3.63) is 42.5 Å². The molecule has 2 aromatic heterocycles. The van der Waals surface area contributed by atoms with E-state index < -0.39 is 5.97 Å². The van der Waals surface area contributed by atoms with Crippen LogP contribution in [-0.4, -0.2) is 29.2 Å². The molecule has 0 amide bonds. The molecule has 0 unspecified atom stereocenters. The molecule has 0 saturated carbocycles. The molecule has 6 nitrogen and oxygen atoms in total. The van der Waals surface area contributed by atoms with Crippen molar-refractivity contribution in [3.8, 4) is 5.75 Å². The maximum absolute atomic E-state index is 11.4. The van der Waals surface area contributed by atoms with Crippen LogP contribution in [0.25, 0.3) is 33.2 Å². The zero-order chi connectivity index (χ0) is 16.5. The van der Waals surface area contributed by atoms with Crippen LogP contribution in [0.2, 0.25) is 0 Å². The van der Waals surface area contributed by atoms with E-state index in [9.17, 15) is 4.79 Å². The van der Waals surface area contributed by atoms with E-state index in [0.29, 0.717) is 29.2 Å². The lowest BCUT2D eigenvalue weighted by Crippen LogP contribution is -2.14. The molecule has 0 N–H and O–H groups in total. The summed E-state index contributed by atoms with van der Waals surface area (Å²) in [6.45, 7) is 1.94. The topological polar surface area (TPSA) is 74.5 Å². The number of hydrogen-bond acceptors (Lipinski definition) is 6. The van der Waals surface area contributed by atoms with Crippen LogP contribution in [0.4, 0.5) is 0 Å². The number of fused-ring (bicyclic) bond motifs is 4. The minimum absolute atomic E-state index is 0.139. The summed E-state index contributed by atoms with van der Waals surface area (Å²) in [5, 5.41) is 0.853. The van der Waals surface area contributed by atoms with Gasteiger partial charge in [-0.15, -0.1) is 0 Å². The molecule has 24 heavy (non-hydrogen) atoms. The number of ether oxygens (including phenoxy) is 2. The molecule has 0 radical (unpaired) electrons. The number of aromatic nitrogens is 2. The number of carbonyl (C=O) groups excluding carboxylic acids is 1. The third kappa shape index (κ3) is 2.52. The lowest BCUT2D eigenvalue weighted by molar-refractivity contribution is -0.145. The van der Waals surface area contributed by atoms with E-state index >= 15 is 0 Å². The van der Waals surface area contributed by atoms with Crippen LogP contribution in [0.5, 0.6) is 5.75 Å². The molecule has 0 aliphatic carbocycles. The van der Waals surface area contributed by atoms with Crippen molar-refractivity contribution in [3.63, 3.8) is 0 Å². The van der Waals surface area contributed by atoms with E-state index in [0.717, 1.165) is 16.4 Å². The second-order valence-electron chi connectivity index (χ2n) is 5.22. The number of para-hydroxylation sites is 2. The van der Waals surface area contributed by atoms with Crippen molar-refractivity contribution < 1.29 is 18.7 Å². The summed E-state index contributed by atoms with van der Waals surface area (Å²) in [4.78, 5) is 20.5. The lowest BCUT2D eigenvalue weighted by atomic mass is 10.2. The minimum Gasteiger partial charge on any atom is -0.482 e. The Bertz CT molecular complexity index is 1050. The van der Waals surface area contributed by atoms with Gasteiger partial charge < -0.3 is 13.9 Å². The molecule has 120 valence electrons. The van der Waals surface area contributed by atoms with Gasteiger partial charge in [-0.3, -0.25) is 0 Å². The van der Waals surface area contributed by atoms with Crippen LogP contribution >= 0.6 is 0 Å². The number of esters is 1. The number of carbonyl (C=O) groups is 1. The molecule has 4 rings (SSSR count). The Morgan fingerprint density at radius 1 is 1.12 bits per heavy atom. The highest BCUT2D eigenvalue weighted by molar-refractivity contribution is 6.03. The highest BCUT2D eigenvalue weighted by atomic mass is 16.6. The Morgan fingerprint density at radius 3 is 2.71 bits per heavy atom. The number of benzene rings is 2. The van der Waals surface area contributed by atoms with Gasteiger partial charge in [0.15, 0.2) is 6.61 Å². The first-order valence-corrected chi connectivity index (χ1v) is 7.62. The maximum Gasteiger partial charge on any atom is 0.344 e. The van der Waals surface area contributed by atoms with Crippen LogP contribution in [0.15, 0.2) is 46.9 Å². The Hall–Kier alpha value is -3.15. The summed E-state index contributed by atoms with van der Waals surface area (Å²) in [6, 6.07) is 13.0. The van der Waals surface area contributed by atoms with Crippen molar-refractivity contribution in [2.75, 3.05) is 13.2 Å². The molecule has 2 aromatic carbocycles. The minimum atomic E-state index is -0.406. The van der Waals surface area contributed by atoms with Gasteiger partial charge in [0.25, 0.3) is 0 Å². The van der Waals surface area contributed by atoms with Gasteiger partial charge in [-0.25, -0.2) is 14.8 Å². The second kappa shape index (κ2) is 5.81. The number of rotatable bonds is 4. The van der Waals surface area contributed by atoms with Crippen molar-refractivity contribution in [2.45, 2.75) is 6.92 Å². The molecular formula is C18H14N2O4. The summed E-state index contributed by atoms with van der Waals surface area (Å²) in [6.07, 6.45) is 0. The second-order valence-corrected chi connectivity index (χ2v) is 5.22. The highest BCUT2D eigenvalue weighted by Crippen LogP contribution is 2.30. The van der Waals surface area contributed by atoms with Crippen molar-refractivity contribution >= 4 is 39.2 Å². The average Bonchev–Trinajstić information content (AvgIpc) is 2.94. The third-order valence-corrected chi connectivity index (χ3v) is 3.62. The summed E-state index contributed by atoms with van der Waals surface area (Å²) in [5.41, 5.74) is 3.40. The maximum atomic E-state index is 11.4. The predicted molar refractivity (Wildman–Crippen MR) is 88.9 cm³/mol. The average molecular weight is 322 g/mol. The summed E-state index contributed by atoms with van der Waals surface area (Å²) in [5.74, 6) is 0.121. The highest BCUT2D eigenvalue weighted by Gasteiger charge is 2.12. The first kappa shape index (κ1) is 14.4. The Kier molecular flexibility index (Phi) is 3.49. The molecule has 0 aliphatic rings. The van der Waals surface area contributed by atoms with Gasteiger partial charge >= 0.3 is 5.97 Å². The van der Waals surface area contributed by atoms with Crippen LogP contribution in [-0.2, 0) is 9.53 Å². The first-order chi connectivity index (χ1) is 11.7. The summed E-state index contributed by atoms with van der Waals surface area (Å²) >= 11 is 0. The van der Waals surface area contributed by atoms with Crippen molar-refractivity contribution in [2.24, 2.45) is 0 Å². The molecule has 0 spiro atoms. The first-order valence-electron chi connectivity index (χ1n) is 7.62. The van der Waals surface area contributed by atoms with E-state index in [1.165, 1.54) is 0 Å². The van der Waals surface area contributed by atoms with Gasteiger partial charge in [0.1, 0.15) is 16.8 Å². The van der Waals surface area contributed by atoms with Crippen molar-refractivity contribution in [1.82, 2.24) is 9.97 Å². The van der Waals surface area contributed by atoms with E-state index in [1.54, 1.807) is 19.1 Å². The van der Waals surface area contributed by atoms with Crippen LogP contribution in [0, 0.1) is 0 Å². The fraction of sp³-hybridized carbons (Fsp3) is 0.167. The summed E-state index contributed by atoms with van der Waals surface area (Å²) < 4.78 is 16.0. The predicted octanol–water partition coefficient (Wildman–Crippen LogP) is 3.47. The van der Waals surface area contributed by atoms with Gasteiger partial charge in [-0.2, -0.15) is 0 Å². The molecule has 6 heteroatoms. The van der Waals surface area contributed by atoms with E-state index in [-0.39, 0.29) is 6.61 Å². The largest absolute Gasteiger partial charge is 0.482 e. The van der Waals surface area contributed by atoms with E-state index in [2.05, 4.69) is 9.97 Å². The Labute approximate surface area is 137 Å². The Balaban J connectivity index is 1.73. The van der Waals surface area contributed by atoms with Gasteiger partial charge in [-0.05, 0) is 31.2 Å². The van der Waals surface area contributed by atoms with E-state index in [4.69, 9.17) is 13.9 Å². The van der Waals surface area contributed by atoms with E-state index in [1.807, 2.05) is 30.3 Å². The van der Waals surface area contributed by atoms with Crippen molar-refractivity contribution in [1.29, 1.82) is 0 Å². The normalized spacial score (nSPS) is 11.2.